The molecule has 1 amide bonds. The first-order chi connectivity index (χ1) is 15.5. The summed E-state index contributed by atoms with van der Waals surface area (Å²) in [5.74, 6) is -0.571. The van der Waals surface area contributed by atoms with Crippen molar-refractivity contribution >= 4 is 39.1 Å². The maximum Gasteiger partial charge on any atom is 0.421 e. The van der Waals surface area contributed by atoms with E-state index in [-0.39, 0.29) is 43.5 Å². The highest BCUT2D eigenvalue weighted by Crippen LogP contribution is 2.34. The average molecular weight is 487 g/mol. The first-order valence-electron chi connectivity index (χ1n) is 10.3. The molecule has 0 atom stereocenters. The standard InChI is InChI=1S/C20H25F3N6O3S/c1-3-9-33(31,32)29(2)8-4-7-24-18-15(20(21,22)23)12-25-19(28-18)26-14-5-6-16-13(10-14)11-17(30)27-16/h5-6,10,12H,3-4,7-9,11H2,1-2H3,(H,27,30)(H2,24,25,26,28). The number of nitrogens with zero attached hydrogens (tertiary/aromatic N) is 3. The van der Waals surface area contributed by atoms with E-state index in [9.17, 15) is 26.4 Å². The molecule has 3 rings (SSSR count). The van der Waals surface area contributed by atoms with E-state index in [1.54, 1.807) is 25.1 Å². The van der Waals surface area contributed by atoms with Crippen LogP contribution in [0.25, 0.3) is 0 Å². The zero-order valence-electron chi connectivity index (χ0n) is 18.2. The van der Waals surface area contributed by atoms with E-state index in [0.717, 1.165) is 5.56 Å². The molecule has 0 unspecified atom stereocenters. The Bertz CT molecular complexity index is 1120. The number of carbonyl (C=O) groups is 1. The highest BCUT2D eigenvalue weighted by molar-refractivity contribution is 7.89. The van der Waals surface area contributed by atoms with Crippen LogP contribution in [0.3, 0.4) is 0 Å². The number of rotatable bonds is 10. The summed E-state index contributed by atoms with van der Waals surface area (Å²) in [6, 6.07) is 5.05. The zero-order valence-corrected chi connectivity index (χ0v) is 19.0. The monoisotopic (exact) mass is 486 g/mol. The molecule has 2 aromatic rings. The number of alkyl halides is 3. The fraction of sp³-hybridized carbons (Fsp3) is 0.450. The van der Waals surface area contributed by atoms with Crippen LogP contribution in [0, 0.1) is 0 Å². The Hall–Kier alpha value is -2.93. The van der Waals surface area contributed by atoms with Crippen molar-refractivity contribution in [1.29, 1.82) is 0 Å². The van der Waals surface area contributed by atoms with Crippen molar-refractivity contribution in [3.8, 4) is 0 Å². The lowest BCUT2D eigenvalue weighted by Crippen LogP contribution is -2.31. The van der Waals surface area contributed by atoms with Crippen molar-refractivity contribution in [2.75, 3.05) is 41.8 Å². The molecule has 1 aromatic carbocycles. The van der Waals surface area contributed by atoms with Crippen LogP contribution in [0.15, 0.2) is 24.4 Å². The molecule has 0 fully saturated rings. The molecule has 0 spiro atoms. The highest BCUT2D eigenvalue weighted by Gasteiger charge is 2.35. The number of hydrogen-bond acceptors (Lipinski definition) is 7. The fourth-order valence-electron chi connectivity index (χ4n) is 3.28. The van der Waals surface area contributed by atoms with Crippen molar-refractivity contribution < 1.29 is 26.4 Å². The lowest BCUT2D eigenvalue weighted by Gasteiger charge is -2.18. The van der Waals surface area contributed by atoms with Crippen LogP contribution in [0.1, 0.15) is 30.9 Å². The second-order valence-corrected chi connectivity index (χ2v) is 9.79. The Kier molecular flexibility index (Phi) is 7.42. The molecule has 33 heavy (non-hydrogen) atoms. The minimum absolute atomic E-state index is 0.0169. The zero-order chi connectivity index (χ0) is 24.2. The normalized spacial score (nSPS) is 13.7. The van der Waals surface area contributed by atoms with Gasteiger partial charge < -0.3 is 16.0 Å². The molecule has 13 heteroatoms. The van der Waals surface area contributed by atoms with Gasteiger partial charge in [-0.25, -0.2) is 17.7 Å². The highest BCUT2D eigenvalue weighted by atomic mass is 32.2. The molecule has 0 radical (unpaired) electrons. The number of nitrogens with one attached hydrogen (secondary N) is 3. The quantitative estimate of drug-likeness (QED) is 0.442. The topological polar surface area (TPSA) is 116 Å². The summed E-state index contributed by atoms with van der Waals surface area (Å²) in [5.41, 5.74) is 0.951. The Morgan fingerprint density at radius 2 is 2.03 bits per heavy atom. The van der Waals surface area contributed by atoms with Gasteiger partial charge in [0.15, 0.2) is 0 Å². The van der Waals surface area contributed by atoms with Gasteiger partial charge in [-0.2, -0.15) is 18.2 Å². The maximum atomic E-state index is 13.4. The number of halogens is 3. The van der Waals surface area contributed by atoms with Gasteiger partial charge in [0, 0.05) is 37.7 Å². The first-order valence-corrected chi connectivity index (χ1v) is 11.9. The number of fused-ring (bicyclic) bond motifs is 1. The van der Waals surface area contributed by atoms with Crippen LogP contribution in [0.4, 0.5) is 36.3 Å². The molecule has 1 aromatic heterocycles. The van der Waals surface area contributed by atoms with E-state index in [1.165, 1.54) is 11.4 Å². The van der Waals surface area contributed by atoms with Crippen LogP contribution in [-0.4, -0.2) is 54.5 Å². The Morgan fingerprint density at radius 1 is 1.27 bits per heavy atom. The molecule has 1 aliphatic heterocycles. The van der Waals surface area contributed by atoms with E-state index in [0.29, 0.717) is 24.0 Å². The van der Waals surface area contributed by atoms with Crippen molar-refractivity contribution in [1.82, 2.24) is 14.3 Å². The number of amides is 1. The molecule has 0 saturated carbocycles. The molecule has 1 aliphatic rings. The van der Waals surface area contributed by atoms with E-state index in [4.69, 9.17) is 0 Å². The smallest absolute Gasteiger partial charge is 0.369 e. The minimum Gasteiger partial charge on any atom is -0.369 e. The van der Waals surface area contributed by atoms with E-state index in [1.807, 2.05) is 0 Å². The van der Waals surface area contributed by atoms with Crippen molar-refractivity contribution in [3.63, 3.8) is 0 Å². The second kappa shape index (κ2) is 9.91. The summed E-state index contributed by atoms with van der Waals surface area (Å²) < 4.78 is 65.4. The van der Waals surface area contributed by atoms with Gasteiger partial charge in [-0.15, -0.1) is 0 Å². The second-order valence-electron chi connectivity index (χ2n) is 7.59. The third-order valence-electron chi connectivity index (χ3n) is 4.96. The molecule has 0 bridgehead atoms. The van der Waals surface area contributed by atoms with Gasteiger partial charge >= 0.3 is 6.18 Å². The van der Waals surface area contributed by atoms with Crippen molar-refractivity contribution in [3.05, 3.63) is 35.5 Å². The number of sulfonamides is 1. The lowest BCUT2D eigenvalue weighted by molar-refractivity contribution is -0.137. The van der Waals surface area contributed by atoms with Crippen LogP contribution >= 0.6 is 0 Å². The van der Waals surface area contributed by atoms with Gasteiger partial charge in [0.05, 0.1) is 12.2 Å². The van der Waals surface area contributed by atoms with Gasteiger partial charge in [-0.1, -0.05) is 6.92 Å². The van der Waals surface area contributed by atoms with Crippen molar-refractivity contribution in [2.24, 2.45) is 0 Å². The summed E-state index contributed by atoms with van der Waals surface area (Å²) in [7, 11) is -1.93. The number of carbonyl (C=O) groups excluding carboxylic acids is 1. The minimum atomic E-state index is -4.66. The third kappa shape index (κ3) is 6.32. The summed E-state index contributed by atoms with van der Waals surface area (Å²) in [5, 5.41) is 8.20. The van der Waals surface area contributed by atoms with Crippen LogP contribution in [-0.2, 0) is 27.4 Å². The Balaban J connectivity index is 1.69. The number of anilines is 4. The van der Waals surface area contributed by atoms with E-state index >= 15 is 0 Å². The maximum absolute atomic E-state index is 13.4. The average Bonchev–Trinajstić information content (AvgIpc) is 3.09. The largest absolute Gasteiger partial charge is 0.421 e. The molecular formula is C20H25F3N6O3S. The van der Waals surface area contributed by atoms with Gasteiger partial charge in [0.25, 0.3) is 0 Å². The summed E-state index contributed by atoms with van der Waals surface area (Å²) in [6.45, 7) is 2.00. The summed E-state index contributed by atoms with van der Waals surface area (Å²) in [6.07, 6.45) is -2.99. The Morgan fingerprint density at radius 3 is 2.73 bits per heavy atom. The fourth-order valence-corrected chi connectivity index (χ4v) is 4.52. The summed E-state index contributed by atoms with van der Waals surface area (Å²) in [4.78, 5) is 19.2. The van der Waals surface area contributed by atoms with Gasteiger partial charge in [0.1, 0.15) is 11.4 Å². The van der Waals surface area contributed by atoms with Gasteiger partial charge in [-0.05, 0) is 36.6 Å². The van der Waals surface area contributed by atoms with Crippen LogP contribution in [0.5, 0.6) is 0 Å². The van der Waals surface area contributed by atoms with Gasteiger partial charge in [0.2, 0.25) is 21.9 Å². The molecule has 9 nitrogen and oxygen atoms in total. The number of aromatic nitrogens is 2. The predicted octanol–water partition coefficient (Wildman–Crippen LogP) is 3.21. The van der Waals surface area contributed by atoms with E-state index in [2.05, 4.69) is 25.9 Å². The molecule has 3 N–H and O–H groups in total. The Labute approximate surface area is 189 Å². The SMILES string of the molecule is CCCS(=O)(=O)N(C)CCCNc1nc(Nc2ccc3c(c2)CC(=O)N3)ncc1C(F)(F)F. The van der Waals surface area contributed by atoms with Gasteiger partial charge in [-0.3, -0.25) is 4.79 Å². The molecule has 180 valence electrons. The molecule has 0 aliphatic carbocycles. The lowest BCUT2D eigenvalue weighted by atomic mass is 10.1. The number of hydrogen-bond donors (Lipinski definition) is 3. The van der Waals surface area contributed by atoms with Crippen molar-refractivity contribution in [2.45, 2.75) is 32.4 Å². The molecule has 0 saturated heterocycles. The molecular weight excluding hydrogens is 461 g/mol. The van der Waals surface area contributed by atoms with E-state index < -0.39 is 27.6 Å². The first kappa shape index (κ1) is 24.7. The molecule has 2 heterocycles. The number of benzene rings is 1. The predicted molar refractivity (Wildman–Crippen MR) is 119 cm³/mol. The summed E-state index contributed by atoms with van der Waals surface area (Å²) >= 11 is 0. The third-order valence-corrected chi connectivity index (χ3v) is 7.02. The van der Waals surface area contributed by atoms with Crippen LogP contribution < -0.4 is 16.0 Å². The van der Waals surface area contributed by atoms with Crippen LogP contribution in [0.2, 0.25) is 0 Å².